The van der Waals surface area contributed by atoms with Crippen molar-refractivity contribution in [2.45, 2.75) is 59.3 Å². The number of aromatic nitrogens is 1. The van der Waals surface area contributed by atoms with Crippen LogP contribution in [0.2, 0.25) is 0 Å². The minimum atomic E-state index is 0.0255. The molecule has 238 valence electrons. The van der Waals surface area contributed by atoms with Crippen molar-refractivity contribution < 1.29 is 4.42 Å². The summed E-state index contributed by atoms with van der Waals surface area (Å²) in [6, 6.07) is 41.4. The Kier molecular flexibility index (Phi) is 6.40. The number of fused-ring (bicyclic) bond motifs is 11. The van der Waals surface area contributed by atoms with Gasteiger partial charge >= 0.3 is 6.85 Å². The minimum Gasteiger partial charge on any atom is -0.456 e. The van der Waals surface area contributed by atoms with Crippen LogP contribution in [0.3, 0.4) is 0 Å². The summed E-state index contributed by atoms with van der Waals surface area (Å²) in [5.74, 6) is 0. The summed E-state index contributed by atoms with van der Waals surface area (Å²) >= 11 is 0. The Morgan fingerprint density at radius 2 is 1.43 bits per heavy atom. The van der Waals surface area contributed by atoms with E-state index in [1.54, 1.807) is 0 Å². The molecule has 49 heavy (non-hydrogen) atoms. The number of anilines is 3. The van der Waals surface area contributed by atoms with E-state index in [0.29, 0.717) is 0 Å². The normalized spacial score (nSPS) is 13.2. The van der Waals surface area contributed by atoms with Gasteiger partial charge in [-0.2, -0.15) is 0 Å². The molecule has 0 radical (unpaired) electrons. The van der Waals surface area contributed by atoms with Crippen molar-refractivity contribution in [3.05, 3.63) is 126 Å². The predicted octanol–water partition coefficient (Wildman–Crippen LogP) is 11.1. The summed E-state index contributed by atoms with van der Waals surface area (Å²) in [7, 11) is 0. The lowest BCUT2D eigenvalue weighted by molar-refractivity contribution is 0.669. The standard InChI is InChI=1S/C45H39BN2O/c1-4-6-13-29-21-22-38-36(26-29)46-44-39(47(38)31-24-28(3)23-30(25-31)14-7-5-2)27-41-42(34-16-9-11-20-40(34)49-41)43(44)35-18-12-17-33-32-15-8-10-19-37(32)48(46)45(33)35/h8-12,15-27H,4-7,13-14H2,1-3H3. The van der Waals surface area contributed by atoms with Crippen LogP contribution in [0.1, 0.15) is 56.2 Å². The van der Waals surface area contributed by atoms with Gasteiger partial charge in [0.2, 0.25) is 0 Å². The molecule has 0 unspecified atom stereocenters. The fraction of sp³-hybridized carbons (Fsp3) is 0.200. The first-order chi connectivity index (χ1) is 24.1. The van der Waals surface area contributed by atoms with Gasteiger partial charge < -0.3 is 13.8 Å². The van der Waals surface area contributed by atoms with Crippen molar-refractivity contribution in [3.8, 4) is 11.1 Å². The second-order valence-corrected chi connectivity index (χ2v) is 14.3. The summed E-state index contributed by atoms with van der Waals surface area (Å²) in [6.45, 7) is 6.84. The molecule has 4 heteroatoms. The number of nitrogens with zero attached hydrogens (tertiary/aromatic N) is 2. The molecule has 0 fully saturated rings. The highest BCUT2D eigenvalue weighted by Crippen LogP contribution is 2.49. The first-order valence-electron chi connectivity index (χ1n) is 18.2. The Morgan fingerprint density at radius 3 is 2.29 bits per heavy atom. The van der Waals surface area contributed by atoms with Crippen molar-refractivity contribution in [3.63, 3.8) is 0 Å². The third kappa shape index (κ3) is 4.10. The monoisotopic (exact) mass is 634 g/mol. The third-order valence-electron chi connectivity index (χ3n) is 11.1. The van der Waals surface area contributed by atoms with Crippen molar-refractivity contribution in [1.82, 2.24) is 4.48 Å². The van der Waals surface area contributed by atoms with Crippen LogP contribution in [0.4, 0.5) is 17.1 Å². The summed E-state index contributed by atoms with van der Waals surface area (Å²) < 4.78 is 9.44. The number of hydrogen-bond donors (Lipinski definition) is 0. The highest BCUT2D eigenvalue weighted by molar-refractivity contribution is 6.90. The molecule has 0 bridgehead atoms. The zero-order chi connectivity index (χ0) is 32.8. The molecule has 2 aliphatic heterocycles. The number of unbranched alkanes of at least 4 members (excludes halogenated alkanes) is 2. The zero-order valence-electron chi connectivity index (χ0n) is 28.5. The van der Waals surface area contributed by atoms with Crippen LogP contribution in [-0.2, 0) is 12.8 Å². The second kappa shape index (κ2) is 10.9. The first-order valence-corrected chi connectivity index (χ1v) is 18.2. The number of para-hydroxylation sites is 3. The molecule has 0 saturated carbocycles. The molecular weight excluding hydrogens is 595 g/mol. The zero-order valence-corrected chi connectivity index (χ0v) is 28.5. The second-order valence-electron chi connectivity index (χ2n) is 14.3. The van der Waals surface area contributed by atoms with Gasteiger partial charge in [-0.15, -0.1) is 0 Å². The SMILES string of the molecule is CCCCc1cc(C)cc(N2c3ccc(CCCC)cc3B3c4c2cc2oc5ccccc5c2c4-c2cccc4c5ccccc5n3c24)c1. The molecule has 0 saturated heterocycles. The topological polar surface area (TPSA) is 21.3 Å². The van der Waals surface area contributed by atoms with E-state index in [1.165, 1.54) is 114 Å². The fourth-order valence-electron chi connectivity index (χ4n) is 9.04. The van der Waals surface area contributed by atoms with Crippen LogP contribution in [0, 0.1) is 6.92 Å². The Balaban J connectivity index is 1.39. The molecule has 0 spiro atoms. The highest BCUT2D eigenvalue weighted by atomic mass is 16.3. The van der Waals surface area contributed by atoms with Crippen LogP contribution in [-0.4, -0.2) is 11.3 Å². The predicted molar refractivity (Wildman–Crippen MR) is 209 cm³/mol. The van der Waals surface area contributed by atoms with Gasteiger partial charge in [0.1, 0.15) is 11.2 Å². The van der Waals surface area contributed by atoms with Gasteiger partial charge in [0.05, 0.1) is 0 Å². The summed E-state index contributed by atoms with van der Waals surface area (Å²) in [6.07, 6.45) is 6.93. The van der Waals surface area contributed by atoms with Crippen LogP contribution in [0.15, 0.2) is 114 Å². The molecule has 6 aromatic carbocycles. The van der Waals surface area contributed by atoms with Crippen LogP contribution < -0.4 is 15.8 Å². The lowest BCUT2D eigenvalue weighted by Crippen LogP contribution is -2.56. The number of hydrogen-bond acceptors (Lipinski definition) is 2. The van der Waals surface area contributed by atoms with Gasteiger partial charge in [-0.25, -0.2) is 0 Å². The molecule has 2 aliphatic rings. The quantitative estimate of drug-likeness (QED) is 0.163. The Morgan fingerprint density at radius 1 is 0.653 bits per heavy atom. The molecule has 10 rings (SSSR count). The van der Waals surface area contributed by atoms with E-state index in [4.69, 9.17) is 4.42 Å². The summed E-state index contributed by atoms with van der Waals surface area (Å²) in [4.78, 5) is 2.56. The number of benzene rings is 6. The molecule has 3 nitrogen and oxygen atoms in total. The molecular formula is C45H39BN2O. The molecule has 0 amide bonds. The molecule has 0 N–H and O–H groups in total. The van der Waals surface area contributed by atoms with E-state index < -0.39 is 0 Å². The Bertz CT molecular complexity index is 2620. The van der Waals surface area contributed by atoms with Crippen molar-refractivity contribution in [2.75, 3.05) is 4.90 Å². The van der Waals surface area contributed by atoms with E-state index >= 15 is 0 Å². The van der Waals surface area contributed by atoms with Gasteiger partial charge in [-0.1, -0.05) is 99.5 Å². The van der Waals surface area contributed by atoms with Crippen molar-refractivity contribution in [2.24, 2.45) is 0 Å². The molecule has 0 atom stereocenters. The largest absolute Gasteiger partial charge is 0.456 e. The third-order valence-corrected chi connectivity index (χ3v) is 11.1. The van der Waals surface area contributed by atoms with Crippen molar-refractivity contribution in [1.29, 1.82) is 0 Å². The maximum atomic E-state index is 6.77. The lowest BCUT2D eigenvalue weighted by Gasteiger charge is -2.41. The van der Waals surface area contributed by atoms with E-state index in [0.717, 1.165) is 24.0 Å². The summed E-state index contributed by atoms with van der Waals surface area (Å²) in [5, 5.41) is 5.03. The molecule has 2 aromatic heterocycles. The van der Waals surface area contributed by atoms with Gasteiger partial charge in [0, 0.05) is 61.3 Å². The average Bonchev–Trinajstić information content (AvgIpc) is 3.67. The van der Waals surface area contributed by atoms with Crippen LogP contribution >= 0.6 is 0 Å². The molecule has 8 aromatic rings. The van der Waals surface area contributed by atoms with Crippen molar-refractivity contribution >= 4 is 78.6 Å². The average molecular weight is 635 g/mol. The van der Waals surface area contributed by atoms with E-state index in [9.17, 15) is 0 Å². The number of rotatable bonds is 7. The highest BCUT2D eigenvalue weighted by Gasteiger charge is 2.44. The Labute approximate surface area is 287 Å². The first kappa shape index (κ1) is 28.8. The van der Waals surface area contributed by atoms with Gasteiger partial charge in [0.25, 0.3) is 0 Å². The summed E-state index contributed by atoms with van der Waals surface area (Å²) in [5.41, 5.74) is 17.7. The fourth-order valence-corrected chi connectivity index (χ4v) is 9.04. The van der Waals surface area contributed by atoms with Gasteiger partial charge in [-0.3, -0.25) is 0 Å². The van der Waals surface area contributed by atoms with Crippen LogP contribution in [0.5, 0.6) is 0 Å². The van der Waals surface area contributed by atoms with E-state index in [1.807, 2.05) is 0 Å². The van der Waals surface area contributed by atoms with Gasteiger partial charge in [-0.05, 0) is 96.1 Å². The van der Waals surface area contributed by atoms with E-state index in [-0.39, 0.29) is 6.85 Å². The lowest BCUT2D eigenvalue weighted by atomic mass is 9.44. The number of aryl methyl sites for hydroxylation is 3. The molecule has 0 aliphatic carbocycles. The number of furan rings is 1. The molecule has 4 heterocycles. The van der Waals surface area contributed by atoms with E-state index in [2.05, 4.69) is 139 Å². The maximum absolute atomic E-state index is 6.77. The Hall–Kier alpha value is -5.22. The smallest absolute Gasteiger partial charge is 0.333 e. The van der Waals surface area contributed by atoms with Crippen LogP contribution in [0.25, 0.3) is 54.9 Å². The minimum absolute atomic E-state index is 0.0255. The maximum Gasteiger partial charge on any atom is 0.333 e. The van der Waals surface area contributed by atoms with Gasteiger partial charge in [0.15, 0.2) is 0 Å².